The van der Waals surface area contributed by atoms with Crippen LogP contribution in [0.3, 0.4) is 0 Å². The van der Waals surface area contributed by atoms with Crippen molar-refractivity contribution in [3.63, 3.8) is 0 Å². The molecule has 0 spiro atoms. The number of rotatable bonds is 2. The SMILES string of the molecule is Cc1nnc2ncc(-c3ccc(C4CNC(=O)C4)cc3)cn12. The second kappa shape index (κ2) is 4.91. The fraction of sp³-hybridized carbons (Fsp3) is 0.250. The molecule has 22 heavy (non-hydrogen) atoms. The van der Waals surface area contributed by atoms with Gasteiger partial charge >= 0.3 is 0 Å². The van der Waals surface area contributed by atoms with Gasteiger partial charge < -0.3 is 5.32 Å². The summed E-state index contributed by atoms with van der Waals surface area (Å²) in [5.74, 6) is 1.83. The van der Waals surface area contributed by atoms with E-state index in [0.717, 1.165) is 23.5 Å². The lowest BCUT2D eigenvalue weighted by Crippen LogP contribution is -2.13. The van der Waals surface area contributed by atoms with Gasteiger partial charge in [0.2, 0.25) is 5.91 Å². The van der Waals surface area contributed by atoms with E-state index in [1.54, 1.807) is 6.20 Å². The number of carbonyl (C=O) groups is 1. The molecule has 3 heterocycles. The fourth-order valence-corrected chi connectivity index (χ4v) is 2.83. The van der Waals surface area contributed by atoms with Crippen LogP contribution >= 0.6 is 0 Å². The zero-order valence-electron chi connectivity index (χ0n) is 12.2. The van der Waals surface area contributed by atoms with Gasteiger partial charge in [0.25, 0.3) is 5.78 Å². The minimum Gasteiger partial charge on any atom is -0.355 e. The van der Waals surface area contributed by atoms with Crippen molar-refractivity contribution in [3.8, 4) is 11.1 Å². The van der Waals surface area contributed by atoms with Crippen molar-refractivity contribution in [2.75, 3.05) is 6.54 Å². The minimum absolute atomic E-state index is 0.131. The molecule has 1 fully saturated rings. The van der Waals surface area contributed by atoms with Crippen molar-refractivity contribution in [1.82, 2.24) is 24.9 Å². The van der Waals surface area contributed by atoms with E-state index in [9.17, 15) is 4.79 Å². The Morgan fingerprint density at radius 2 is 2.00 bits per heavy atom. The lowest BCUT2D eigenvalue weighted by atomic mass is 9.96. The Kier molecular flexibility index (Phi) is 2.89. The summed E-state index contributed by atoms with van der Waals surface area (Å²) in [6.07, 6.45) is 4.37. The molecule has 110 valence electrons. The van der Waals surface area contributed by atoms with E-state index in [-0.39, 0.29) is 11.8 Å². The van der Waals surface area contributed by atoms with Gasteiger partial charge in [0.1, 0.15) is 5.82 Å². The van der Waals surface area contributed by atoms with Gasteiger partial charge in [-0.15, -0.1) is 10.2 Å². The molecule has 3 aromatic rings. The molecule has 1 aliphatic heterocycles. The van der Waals surface area contributed by atoms with Crippen LogP contribution in [0, 0.1) is 6.92 Å². The third-order valence-corrected chi connectivity index (χ3v) is 4.13. The first-order valence-electron chi connectivity index (χ1n) is 7.25. The van der Waals surface area contributed by atoms with Gasteiger partial charge in [0.05, 0.1) is 0 Å². The van der Waals surface area contributed by atoms with E-state index in [4.69, 9.17) is 0 Å². The van der Waals surface area contributed by atoms with Crippen molar-refractivity contribution in [2.24, 2.45) is 0 Å². The van der Waals surface area contributed by atoms with Crippen LogP contribution in [0.5, 0.6) is 0 Å². The van der Waals surface area contributed by atoms with E-state index in [2.05, 4.69) is 44.8 Å². The quantitative estimate of drug-likeness (QED) is 0.780. The standard InChI is InChI=1S/C16H15N5O/c1-10-19-20-16-18-8-14(9-21(10)16)12-4-2-11(3-5-12)13-6-15(22)17-7-13/h2-5,8-9,13H,6-7H2,1H3,(H,17,22). The Morgan fingerprint density at radius 3 is 2.73 bits per heavy atom. The van der Waals surface area contributed by atoms with Crippen LogP contribution in [-0.4, -0.2) is 32.0 Å². The molecule has 4 rings (SSSR count). The number of hydrogen-bond donors (Lipinski definition) is 1. The summed E-state index contributed by atoms with van der Waals surface area (Å²) in [4.78, 5) is 15.6. The van der Waals surface area contributed by atoms with Gasteiger partial charge in [-0.2, -0.15) is 0 Å². The predicted octanol–water partition coefficient (Wildman–Crippen LogP) is 1.70. The zero-order chi connectivity index (χ0) is 15.1. The summed E-state index contributed by atoms with van der Waals surface area (Å²) in [7, 11) is 0. The van der Waals surface area contributed by atoms with Gasteiger partial charge in [-0.05, 0) is 18.1 Å². The third kappa shape index (κ3) is 2.13. The number of aromatic nitrogens is 4. The molecular formula is C16H15N5O. The van der Waals surface area contributed by atoms with Crippen LogP contribution in [-0.2, 0) is 4.79 Å². The molecule has 6 nitrogen and oxygen atoms in total. The molecule has 2 aromatic heterocycles. The lowest BCUT2D eigenvalue weighted by molar-refractivity contribution is -0.119. The maximum atomic E-state index is 11.3. The van der Waals surface area contributed by atoms with Gasteiger partial charge in [0.15, 0.2) is 0 Å². The number of nitrogens with zero attached hydrogens (tertiary/aromatic N) is 4. The van der Waals surface area contributed by atoms with Gasteiger partial charge in [0, 0.05) is 36.8 Å². The molecule has 1 atom stereocenters. The van der Waals surface area contributed by atoms with Gasteiger partial charge in [-0.3, -0.25) is 9.20 Å². The van der Waals surface area contributed by atoms with Crippen LogP contribution in [0.25, 0.3) is 16.9 Å². The van der Waals surface area contributed by atoms with Crippen LogP contribution in [0.15, 0.2) is 36.7 Å². The molecule has 1 N–H and O–H groups in total. The number of aryl methyl sites for hydroxylation is 1. The Morgan fingerprint density at radius 1 is 1.18 bits per heavy atom. The molecule has 6 heteroatoms. The first kappa shape index (κ1) is 12.9. The summed E-state index contributed by atoms with van der Waals surface area (Å²) in [6, 6.07) is 8.31. The predicted molar refractivity (Wildman–Crippen MR) is 81.3 cm³/mol. The van der Waals surface area contributed by atoms with E-state index in [1.807, 2.05) is 17.5 Å². The highest BCUT2D eigenvalue weighted by Gasteiger charge is 2.22. The molecule has 0 bridgehead atoms. The molecular weight excluding hydrogens is 278 g/mol. The summed E-state index contributed by atoms with van der Waals surface area (Å²) >= 11 is 0. The Hall–Kier alpha value is -2.76. The van der Waals surface area contributed by atoms with E-state index < -0.39 is 0 Å². The van der Waals surface area contributed by atoms with E-state index in [1.165, 1.54) is 5.56 Å². The lowest BCUT2D eigenvalue weighted by Gasteiger charge is -2.09. The van der Waals surface area contributed by atoms with Crippen molar-refractivity contribution >= 4 is 11.7 Å². The van der Waals surface area contributed by atoms with Crippen molar-refractivity contribution < 1.29 is 4.79 Å². The van der Waals surface area contributed by atoms with Crippen molar-refractivity contribution in [1.29, 1.82) is 0 Å². The van der Waals surface area contributed by atoms with Crippen molar-refractivity contribution in [2.45, 2.75) is 19.3 Å². The largest absolute Gasteiger partial charge is 0.355 e. The zero-order valence-corrected chi connectivity index (χ0v) is 12.2. The van der Waals surface area contributed by atoms with Crippen LogP contribution in [0.2, 0.25) is 0 Å². The summed E-state index contributed by atoms with van der Waals surface area (Å²) in [5, 5.41) is 10.9. The van der Waals surface area contributed by atoms with Crippen LogP contribution in [0.1, 0.15) is 23.7 Å². The highest BCUT2D eigenvalue weighted by atomic mass is 16.1. The van der Waals surface area contributed by atoms with E-state index in [0.29, 0.717) is 12.2 Å². The smallest absolute Gasteiger partial charge is 0.254 e. The first-order valence-corrected chi connectivity index (χ1v) is 7.25. The molecule has 1 unspecified atom stereocenters. The number of benzene rings is 1. The average molecular weight is 293 g/mol. The summed E-state index contributed by atoms with van der Waals surface area (Å²) in [6.45, 7) is 2.63. The number of amides is 1. The average Bonchev–Trinajstić information content (AvgIpc) is 3.14. The molecule has 1 amide bonds. The number of carbonyl (C=O) groups excluding carboxylic acids is 1. The summed E-state index contributed by atoms with van der Waals surface area (Å²) < 4.78 is 1.88. The monoisotopic (exact) mass is 293 g/mol. The minimum atomic E-state index is 0.131. The highest BCUT2D eigenvalue weighted by Crippen LogP contribution is 2.26. The summed E-state index contributed by atoms with van der Waals surface area (Å²) in [5.41, 5.74) is 3.29. The highest BCUT2D eigenvalue weighted by molar-refractivity contribution is 5.79. The Balaban J connectivity index is 1.66. The van der Waals surface area contributed by atoms with Crippen LogP contribution in [0.4, 0.5) is 0 Å². The molecule has 0 radical (unpaired) electrons. The molecule has 0 aliphatic carbocycles. The number of nitrogens with one attached hydrogen (secondary N) is 1. The third-order valence-electron chi connectivity index (χ3n) is 4.13. The van der Waals surface area contributed by atoms with Gasteiger partial charge in [-0.25, -0.2) is 4.98 Å². The number of hydrogen-bond acceptors (Lipinski definition) is 4. The molecule has 1 aromatic carbocycles. The first-order chi connectivity index (χ1) is 10.7. The fourth-order valence-electron chi connectivity index (χ4n) is 2.83. The maximum Gasteiger partial charge on any atom is 0.254 e. The Bertz CT molecular complexity index is 853. The molecule has 0 saturated carbocycles. The second-order valence-electron chi connectivity index (χ2n) is 5.59. The van der Waals surface area contributed by atoms with Crippen molar-refractivity contribution in [3.05, 3.63) is 48.0 Å². The Labute approximate surface area is 127 Å². The van der Waals surface area contributed by atoms with Gasteiger partial charge in [-0.1, -0.05) is 24.3 Å². The molecule has 1 aliphatic rings. The van der Waals surface area contributed by atoms with E-state index >= 15 is 0 Å². The molecule has 1 saturated heterocycles. The normalized spacial score (nSPS) is 17.9. The van der Waals surface area contributed by atoms with Crippen LogP contribution < -0.4 is 5.32 Å². The second-order valence-corrected chi connectivity index (χ2v) is 5.59. The topological polar surface area (TPSA) is 72.2 Å². The maximum absolute atomic E-state index is 11.3. The number of fused-ring (bicyclic) bond motifs is 1.